The predicted octanol–water partition coefficient (Wildman–Crippen LogP) is 5.32. The number of amides is 1. The summed E-state index contributed by atoms with van der Waals surface area (Å²) in [6.07, 6.45) is 0. The number of hydrogen-bond acceptors (Lipinski definition) is 6. The van der Waals surface area contributed by atoms with Gasteiger partial charge in [0, 0.05) is 5.56 Å². The highest BCUT2D eigenvalue weighted by Crippen LogP contribution is 2.39. The molecule has 0 heterocycles. The Hall–Kier alpha value is -4.33. The third-order valence-corrected chi connectivity index (χ3v) is 5.58. The molecule has 0 aliphatic heterocycles. The van der Waals surface area contributed by atoms with Crippen molar-refractivity contribution in [3.8, 4) is 17.2 Å². The molecule has 1 amide bonds. The van der Waals surface area contributed by atoms with Crippen molar-refractivity contribution < 1.29 is 23.8 Å². The minimum atomic E-state index is -0.685. The number of nitrogens with two attached hydrogens (primary N) is 1. The summed E-state index contributed by atoms with van der Waals surface area (Å²) in [5, 5.41) is 0.0700. The van der Waals surface area contributed by atoms with Gasteiger partial charge in [0.15, 0.2) is 11.5 Å². The van der Waals surface area contributed by atoms with Crippen LogP contribution in [0.1, 0.15) is 31.8 Å². The van der Waals surface area contributed by atoms with E-state index in [1.807, 2.05) is 66.1 Å². The second-order valence-electron chi connectivity index (χ2n) is 7.69. The molecule has 0 aliphatic rings. The lowest BCUT2D eigenvalue weighted by Crippen LogP contribution is -2.29. The minimum absolute atomic E-state index is 0.0700. The predicted molar refractivity (Wildman–Crippen MR) is 136 cm³/mol. The number of carbonyl (C=O) groups is 2. The third-order valence-electron chi connectivity index (χ3n) is 5.20. The largest absolute Gasteiger partial charge is 0.485 e. The number of ether oxygens (including phenoxy) is 3. The molecule has 4 aromatic carbocycles. The number of carbonyl (C=O) groups excluding carboxylic acids is 2. The molecule has 0 unspecified atom stereocenters. The van der Waals surface area contributed by atoms with E-state index in [1.165, 1.54) is 30.3 Å². The molecule has 182 valence electrons. The zero-order chi connectivity index (χ0) is 25.3. The first-order valence-corrected chi connectivity index (χ1v) is 11.4. The summed E-state index contributed by atoms with van der Waals surface area (Å²) >= 11 is 6.64. The molecule has 0 saturated heterocycles. The van der Waals surface area contributed by atoms with Crippen LogP contribution in [-0.4, -0.2) is 11.9 Å². The Morgan fingerprint density at radius 2 is 1.33 bits per heavy atom. The molecule has 4 rings (SSSR count). The van der Waals surface area contributed by atoms with Gasteiger partial charge in [-0.15, -0.1) is 0 Å². The van der Waals surface area contributed by atoms with Gasteiger partial charge >= 0.3 is 5.97 Å². The molecule has 8 heteroatoms. The van der Waals surface area contributed by atoms with Gasteiger partial charge in [0.2, 0.25) is 0 Å². The van der Waals surface area contributed by atoms with Crippen molar-refractivity contribution in [2.24, 2.45) is 5.84 Å². The number of benzene rings is 4. The summed E-state index contributed by atoms with van der Waals surface area (Å²) in [4.78, 5) is 24.5. The first-order chi connectivity index (χ1) is 17.5. The van der Waals surface area contributed by atoms with Crippen molar-refractivity contribution in [2.45, 2.75) is 13.2 Å². The molecule has 7 nitrogen and oxygen atoms in total. The fourth-order valence-electron chi connectivity index (χ4n) is 3.33. The Balaban J connectivity index is 1.56. The summed E-state index contributed by atoms with van der Waals surface area (Å²) in [6, 6.07) is 28.3. The van der Waals surface area contributed by atoms with Crippen molar-refractivity contribution in [3.05, 3.63) is 124 Å². The van der Waals surface area contributed by atoms with Crippen LogP contribution in [0.15, 0.2) is 97.1 Å². The summed E-state index contributed by atoms with van der Waals surface area (Å²) in [6.45, 7) is 0.525. The quantitative estimate of drug-likeness (QED) is 0.106. The molecule has 0 saturated carbocycles. The Morgan fingerprint density at radius 1 is 0.750 bits per heavy atom. The second-order valence-corrected chi connectivity index (χ2v) is 8.07. The lowest BCUT2D eigenvalue weighted by atomic mass is 10.2. The molecule has 0 aromatic heterocycles. The van der Waals surface area contributed by atoms with E-state index in [1.54, 1.807) is 6.07 Å². The van der Waals surface area contributed by atoms with E-state index < -0.39 is 11.9 Å². The molecule has 0 atom stereocenters. The highest BCUT2D eigenvalue weighted by molar-refractivity contribution is 6.35. The van der Waals surface area contributed by atoms with Crippen molar-refractivity contribution in [1.29, 1.82) is 0 Å². The van der Waals surface area contributed by atoms with Crippen LogP contribution in [0.2, 0.25) is 5.02 Å². The van der Waals surface area contributed by atoms with Gasteiger partial charge in [-0.2, -0.15) is 0 Å². The average molecular weight is 503 g/mol. The topological polar surface area (TPSA) is 99.9 Å². The van der Waals surface area contributed by atoms with E-state index in [0.717, 1.165) is 11.1 Å². The highest BCUT2D eigenvalue weighted by atomic mass is 35.5. The Kier molecular flexibility index (Phi) is 8.18. The van der Waals surface area contributed by atoms with Crippen molar-refractivity contribution in [3.63, 3.8) is 0 Å². The number of nitrogen functional groups attached to an aromatic ring is 1. The molecule has 36 heavy (non-hydrogen) atoms. The highest BCUT2D eigenvalue weighted by Gasteiger charge is 2.21. The SMILES string of the molecule is NNC(=O)c1ccc(OC(=O)c2ccc(OCc3ccccc3)c(OCc3ccccc3)c2Cl)cc1. The monoisotopic (exact) mass is 502 g/mol. The van der Waals surface area contributed by atoms with Gasteiger partial charge in [-0.25, -0.2) is 10.6 Å². The normalized spacial score (nSPS) is 10.4. The summed E-state index contributed by atoms with van der Waals surface area (Å²) in [7, 11) is 0. The Labute approximate surface area is 213 Å². The van der Waals surface area contributed by atoms with Gasteiger partial charge in [0.05, 0.1) is 5.56 Å². The molecule has 0 fully saturated rings. The standard InChI is InChI=1S/C28H23ClN2O5/c29-25-23(28(33)36-22-13-11-21(12-14-22)27(32)31-30)15-16-24(34-17-19-7-3-1-4-8-19)26(25)35-18-20-9-5-2-6-10-20/h1-16H,17-18,30H2,(H,31,32). The fraction of sp³-hybridized carbons (Fsp3) is 0.0714. The van der Waals surface area contributed by atoms with Gasteiger partial charge < -0.3 is 14.2 Å². The lowest BCUT2D eigenvalue weighted by Gasteiger charge is -2.16. The number of hydrogen-bond donors (Lipinski definition) is 2. The van der Waals surface area contributed by atoms with Crippen molar-refractivity contribution in [2.75, 3.05) is 0 Å². The van der Waals surface area contributed by atoms with Crippen LogP contribution in [0.25, 0.3) is 0 Å². The second kappa shape index (κ2) is 11.9. The van der Waals surface area contributed by atoms with Gasteiger partial charge in [0.25, 0.3) is 5.91 Å². The van der Waals surface area contributed by atoms with Crippen LogP contribution in [-0.2, 0) is 13.2 Å². The third kappa shape index (κ3) is 6.21. The molecular formula is C28H23ClN2O5. The van der Waals surface area contributed by atoms with Gasteiger partial charge in [-0.05, 0) is 47.5 Å². The maximum atomic E-state index is 12.9. The maximum absolute atomic E-state index is 12.9. The van der Waals surface area contributed by atoms with E-state index >= 15 is 0 Å². The first kappa shape index (κ1) is 24.8. The van der Waals surface area contributed by atoms with Crippen LogP contribution >= 0.6 is 11.6 Å². The molecule has 0 spiro atoms. The molecule has 0 radical (unpaired) electrons. The lowest BCUT2D eigenvalue weighted by molar-refractivity contribution is 0.0734. The maximum Gasteiger partial charge on any atom is 0.345 e. The number of hydrazine groups is 1. The van der Waals surface area contributed by atoms with Crippen molar-refractivity contribution >= 4 is 23.5 Å². The Morgan fingerprint density at radius 3 is 1.92 bits per heavy atom. The van der Waals surface area contributed by atoms with E-state index in [9.17, 15) is 9.59 Å². The van der Waals surface area contributed by atoms with E-state index in [2.05, 4.69) is 0 Å². The Bertz CT molecular complexity index is 1330. The number of nitrogens with one attached hydrogen (secondary N) is 1. The van der Waals surface area contributed by atoms with Crippen LogP contribution in [0.3, 0.4) is 0 Å². The fourth-order valence-corrected chi connectivity index (χ4v) is 3.62. The average Bonchev–Trinajstić information content (AvgIpc) is 2.92. The summed E-state index contributed by atoms with van der Waals surface area (Å²) in [5.41, 5.74) is 4.37. The smallest absolute Gasteiger partial charge is 0.345 e. The molecule has 3 N–H and O–H groups in total. The molecule has 4 aromatic rings. The molecular weight excluding hydrogens is 480 g/mol. The first-order valence-electron chi connectivity index (χ1n) is 11.0. The van der Waals surface area contributed by atoms with Gasteiger partial charge in [0.1, 0.15) is 24.0 Å². The van der Waals surface area contributed by atoms with Crippen LogP contribution in [0, 0.1) is 0 Å². The van der Waals surface area contributed by atoms with E-state index in [-0.39, 0.29) is 28.7 Å². The van der Waals surface area contributed by atoms with Crippen LogP contribution in [0.4, 0.5) is 0 Å². The van der Waals surface area contributed by atoms with Gasteiger partial charge in [-0.1, -0.05) is 72.3 Å². The number of esters is 1. The van der Waals surface area contributed by atoms with Crippen molar-refractivity contribution in [1.82, 2.24) is 5.43 Å². The molecule has 0 aliphatic carbocycles. The zero-order valence-corrected chi connectivity index (χ0v) is 19.9. The number of halogens is 1. The summed E-state index contributed by atoms with van der Waals surface area (Å²) in [5.74, 6) is 4.87. The van der Waals surface area contributed by atoms with Crippen LogP contribution in [0.5, 0.6) is 17.2 Å². The van der Waals surface area contributed by atoms with E-state index in [4.69, 9.17) is 31.7 Å². The zero-order valence-electron chi connectivity index (χ0n) is 19.1. The minimum Gasteiger partial charge on any atom is -0.485 e. The summed E-state index contributed by atoms with van der Waals surface area (Å²) < 4.78 is 17.5. The van der Waals surface area contributed by atoms with Gasteiger partial charge in [-0.3, -0.25) is 10.2 Å². The number of rotatable bonds is 9. The van der Waals surface area contributed by atoms with Crippen LogP contribution < -0.4 is 25.5 Å². The molecule has 0 bridgehead atoms. The van der Waals surface area contributed by atoms with E-state index in [0.29, 0.717) is 17.9 Å².